The van der Waals surface area contributed by atoms with E-state index in [1.54, 1.807) is 0 Å². The molecule has 0 bridgehead atoms. The highest BCUT2D eigenvalue weighted by Gasteiger charge is 2.24. The Labute approximate surface area is 269 Å². The first kappa shape index (κ1) is 25.6. The number of amidine groups is 1. The van der Waals surface area contributed by atoms with Crippen LogP contribution < -0.4 is 5.32 Å². The van der Waals surface area contributed by atoms with Crippen molar-refractivity contribution in [3.05, 3.63) is 168 Å². The number of aliphatic imine (C=N–C) groups is 1. The third-order valence-electron chi connectivity index (χ3n) is 9.45. The summed E-state index contributed by atoms with van der Waals surface area (Å²) in [5.74, 6) is 0.889. The normalized spacial score (nSPS) is 14.6. The third kappa shape index (κ3) is 3.81. The molecule has 0 radical (unpaired) electrons. The molecular weight excluding hydrogens is 579 g/mol. The number of benzene rings is 7. The van der Waals surface area contributed by atoms with E-state index in [2.05, 4.69) is 162 Å². The second-order valence-electron chi connectivity index (χ2n) is 12.0. The Morgan fingerprint density at radius 2 is 1.33 bits per heavy atom. The van der Waals surface area contributed by atoms with Crippen LogP contribution in [0.15, 0.2) is 157 Å². The van der Waals surface area contributed by atoms with Crippen molar-refractivity contribution in [2.24, 2.45) is 4.99 Å². The lowest BCUT2D eigenvalue weighted by Crippen LogP contribution is -2.32. The van der Waals surface area contributed by atoms with Gasteiger partial charge in [0.25, 0.3) is 0 Å². The molecule has 9 aromatic rings. The molecule has 1 unspecified atom stereocenters. The molecule has 1 aliphatic heterocycles. The molecule has 1 aliphatic rings. The van der Waals surface area contributed by atoms with Crippen LogP contribution >= 0.6 is 11.3 Å². The highest BCUT2D eigenvalue weighted by molar-refractivity contribution is 7.26. The van der Waals surface area contributed by atoms with Crippen LogP contribution in [0, 0.1) is 0 Å². The van der Waals surface area contributed by atoms with E-state index in [0.29, 0.717) is 0 Å². The average molecular weight is 606 g/mol. The van der Waals surface area contributed by atoms with E-state index in [-0.39, 0.29) is 6.04 Å². The number of fused-ring (bicyclic) bond motifs is 9. The van der Waals surface area contributed by atoms with Gasteiger partial charge in [0.2, 0.25) is 0 Å². The predicted octanol–water partition coefficient (Wildman–Crippen LogP) is 11.1. The number of para-hydroxylation sites is 2. The maximum Gasteiger partial charge on any atom is 0.134 e. The number of hydrogen-bond donors (Lipinski definition) is 1. The SMILES string of the molecule is c1ccc(C2NC(c3ccc(-n4c5ccccc5c5cc6c(cc54)sc4ccc5ccccc5c46)cc3)=Nc3ccccc32)cc1. The van der Waals surface area contributed by atoms with E-state index < -0.39 is 0 Å². The van der Waals surface area contributed by atoms with E-state index in [0.717, 1.165) is 22.8 Å². The van der Waals surface area contributed by atoms with E-state index in [4.69, 9.17) is 4.99 Å². The lowest BCUT2D eigenvalue weighted by atomic mass is 9.95. The molecular formula is C42H27N3S. The number of nitrogens with zero attached hydrogens (tertiary/aromatic N) is 2. The van der Waals surface area contributed by atoms with Gasteiger partial charge in [-0.05, 0) is 70.9 Å². The van der Waals surface area contributed by atoms with Crippen LogP contribution in [0.2, 0.25) is 0 Å². The zero-order valence-electron chi connectivity index (χ0n) is 24.8. The van der Waals surface area contributed by atoms with Gasteiger partial charge in [-0.1, -0.05) is 97.1 Å². The lowest BCUT2D eigenvalue weighted by Gasteiger charge is -2.27. The highest BCUT2D eigenvalue weighted by atomic mass is 32.1. The molecule has 1 atom stereocenters. The Kier molecular flexibility index (Phi) is 5.51. The van der Waals surface area contributed by atoms with Gasteiger partial charge in [0.1, 0.15) is 5.84 Å². The van der Waals surface area contributed by atoms with Crippen LogP contribution in [0.4, 0.5) is 5.69 Å². The summed E-state index contributed by atoms with van der Waals surface area (Å²) < 4.78 is 5.05. The summed E-state index contributed by atoms with van der Waals surface area (Å²) in [6.07, 6.45) is 0. The molecule has 1 N–H and O–H groups in total. The first-order valence-corrected chi connectivity index (χ1v) is 16.5. The highest BCUT2D eigenvalue weighted by Crippen LogP contribution is 2.43. The fraction of sp³-hybridized carbons (Fsp3) is 0.0238. The van der Waals surface area contributed by atoms with Crippen molar-refractivity contribution in [3.8, 4) is 5.69 Å². The van der Waals surface area contributed by atoms with Crippen LogP contribution in [0.25, 0.3) is 58.4 Å². The second-order valence-corrected chi connectivity index (χ2v) is 13.1. The first-order valence-electron chi connectivity index (χ1n) is 15.7. The Hall–Kier alpha value is -5.71. The molecule has 7 aromatic carbocycles. The van der Waals surface area contributed by atoms with E-state index in [1.807, 2.05) is 11.3 Å². The molecule has 0 fully saturated rings. The van der Waals surface area contributed by atoms with Crippen molar-refractivity contribution in [1.82, 2.24) is 9.88 Å². The molecule has 10 rings (SSSR count). The Morgan fingerprint density at radius 3 is 2.22 bits per heavy atom. The van der Waals surface area contributed by atoms with Crippen molar-refractivity contribution >= 4 is 75.6 Å². The summed E-state index contributed by atoms with van der Waals surface area (Å²) in [6, 6.07) is 54.8. The molecule has 46 heavy (non-hydrogen) atoms. The summed E-state index contributed by atoms with van der Waals surface area (Å²) in [7, 11) is 0. The Morgan fingerprint density at radius 1 is 0.565 bits per heavy atom. The Balaban J connectivity index is 1.12. The minimum absolute atomic E-state index is 0.0442. The van der Waals surface area contributed by atoms with Gasteiger partial charge in [-0.25, -0.2) is 4.99 Å². The van der Waals surface area contributed by atoms with Gasteiger partial charge in [-0.15, -0.1) is 11.3 Å². The molecule has 0 amide bonds. The van der Waals surface area contributed by atoms with Gasteiger partial charge in [-0.3, -0.25) is 0 Å². The third-order valence-corrected chi connectivity index (χ3v) is 10.6. The first-order chi connectivity index (χ1) is 22.8. The molecule has 2 aromatic heterocycles. The lowest BCUT2D eigenvalue weighted by molar-refractivity contribution is 0.749. The zero-order chi connectivity index (χ0) is 30.2. The number of nitrogens with one attached hydrogen (secondary N) is 1. The minimum Gasteiger partial charge on any atom is -0.359 e. The largest absolute Gasteiger partial charge is 0.359 e. The molecule has 0 saturated heterocycles. The van der Waals surface area contributed by atoms with Gasteiger partial charge in [-0.2, -0.15) is 0 Å². The number of rotatable bonds is 3. The standard InChI is InChI=1S/C42H27N3S/c1-2-11-27(12-3-1)41-32-15-6-8-16-35(32)43-42(44-41)28-18-21-29(22-19-28)45-36-17-9-7-14-31(36)33-24-34-39(25-37(33)45)46-38-23-20-26-10-4-5-13-30(26)40(34)38/h1-25,41H,(H,43,44). The number of thiophene rings is 1. The van der Waals surface area contributed by atoms with Crippen LogP contribution in [0.5, 0.6) is 0 Å². The van der Waals surface area contributed by atoms with Crippen LogP contribution in [0.3, 0.4) is 0 Å². The van der Waals surface area contributed by atoms with Crippen molar-refractivity contribution in [2.45, 2.75) is 6.04 Å². The Bertz CT molecular complexity index is 2660. The van der Waals surface area contributed by atoms with Crippen LogP contribution in [-0.2, 0) is 0 Å². The van der Waals surface area contributed by atoms with E-state index in [1.165, 1.54) is 63.9 Å². The predicted molar refractivity (Wildman–Crippen MR) is 195 cm³/mol. The van der Waals surface area contributed by atoms with E-state index in [9.17, 15) is 0 Å². The van der Waals surface area contributed by atoms with Gasteiger partial charge in [0.05, 0.1) is 22.8 Å². The summed E-state index contributed by atoms with van der Waals surface area (Å²) in [4.78, 5) is 5.06. The summed E-state index contributed by atoms with van der Waals surface area (Å²) >= 11 is 1.88. The average Bonchev–Trinajstić information content (AvgIpc) is 3.65. The molecule has 3 heterocycles. The smallest absolute Gasteiger partial charge is 0.134 e. The van der Waals surface area contributed by atoms with E-state index >= 15 is 0 Å². The summed E-state index contributed by atoms with van der Waals surface area (Å²) in [5, 5.41) is 11.6. The van der Waals surface area contributed by atoms with Gasteiger partial charge >= 0.3 is 0 Å². The summed E-state index contributed by atoms with van der Waals surface area (Å²) in [6.45, 7) is 0. The number of hydrogen-bond acceptors (Lipinski definition) is 3. The molecule has 0 saturated carbocycles. The maximum absolute atomic E-state index is 5.06. The monoisotopic (exact) mass is 605 g/mol. The molecule has 4 heteroatoms. The molecule has 216 valence electrons. The van der Waals surface area contributed by atoms with Crippen LogP contribution in [-0.4, -0.2) is 10.4 Å². The van der Waals surface area contributed by atoms with Gasteiger partial charge < -0.3 is 9.88 Å². The molecule has 0 aliphatic carbocycles. The quantitative estimate of drug-likeness (QED) is 0.213. The van der Waals surface area contributed by atoms with Crippen molar-refractivity contribution in [1.29, 1.82) is 0 Å². The van der Waals surface area contributed by atoms with Crippen molar-refractivity contribution < 1.29 is 0 Å². The van der Waals surface area contributed by atoms with Gasteiger partial charge in [0.15, 0.2) is 0 Å². The summed E-state index contributed by atoms with van der Waals surface area (Å²) in [5.41, 5.74) is 8.07. The molecule has 3 nitrogen and oxygen atoms in total. The topological polar surface area (TPSA) is 29.3 Å². The fourth-order valence-corrected chi connectivity index (χ4v) is 8.45. The number of aromatic nitrogens is 1. The van der Waals surface area contributed by atoms with Crippen LogP contribution in [0.1, 0.15) is 22.7 Å². The second kappa shape index (κ2) is 9.90. The maximum atomic E-state index is 5.06. The fourth-order valence-electron chi connectivity index (χ4n) is 7.31. The molecule has 0 spiro atoms. The van der Waals surface area contributed by atoms with Crippen molar-refractivity contribution in [3.63, 3.8) is 0 Å². The minimum atomic E-state index is 0.0442. The van der Waals surface area contributed by atoms with Gasteiger partial charge in [0, 0.05) is 47.8 Å². The van der Waals surface area contributed by atoms with Crippen molar-refractivity contribution in [2.75, 3.05) is 0 Å². The zero-order valence-corrected chi connectivity index (χ0v) is 25.6.